The number of rotatable bonds is 16. The number of carboxylic acids is 1. The Morgan fingerprint density at radius 1 is 1.00 bits per heavy atom. The molecule has 0 fully saturated rings. The van der Waals surface area contributed by atoms with Gasteiger partial charge in [0.25, 0.3) is 0 Å². The quantitative estimate of drug-likeness (QED) is 0.318. The van der Waals surface area contributed by atoms with Crippen molar-refractivity contribution in [3.05, 3.63) is 0 Å². The van der Waals surface area contributed by atoms with E-state index in [9.17, 15) is 14.7 Å². The molecule has 0 aromatic heterocycles. The number of nitrogens with two attached hydrogens (primary N) is 1. The zero-order valence-electron chi connectivity index (χ0n) is 16.4. The third kappa shape index (κ3) is 13.8. The fraction of sp³-hybridized carbons (Fsp3) is 0.895. The van der Waals surface area contributed by atoms with Crippen LogP contribution in [0.2, 0.25) is 0 Å². The van der Waals surface area contributed by atoms with Crippen molar-refractivity contribution in [2.45, 2.75) is 103 Å². The van der Waals surface area contributed by atoms with Crippen LogP contribution in [0, 0.1) is 0 Å². The van der Waals surface area contributed by atoms with Crippen LogP contribution >= 0.6 is 0 Å². The van der Waals surface area contributed by atoms with Crippen LogP contribution in [0.3, 0.4) is 0 Å². The molecule has 0 aromatic rings. The van der Waals surface area contributed by atoms with E-state index in [0.717, 1.165) is 25.7 Å². The van der Waals surface area contributed by atoms with E-state index in [1.165, 1.54) is 19.3 Å². The predicted molar refractivity (Wildman–Crippen MR) is 103 cm³/mol. The Morgan fingerprint density at radius 2 is 1.64 bits per heavy atom. The smallest absolute Gasteiger partial charge is 0.326 e. The Morgan fingerprint density at radius 3 is 2.20 bits per heavy atom. The molecule has 5 N–H and O–H groups in total. The number of aliphatic carboxylic acids is 1. The number of hydrogen-bond acceptors (Lipinski definition) is 4. The summed E-state index contributed by atoms with van der Waals surface area (Å²) in [7, 11) is 0. The van der Waals surface area contributed by atoms with Gasteiger partial charge in [-0.3, -0.25) is 4.79 Å². The Bertz CT molecular complexity index is 362. The molecule has 6 heteroatoms. The summed E-state index contributed by atoms with van der Waals surface area (Å²) in [5.74, 6) is -1.13. The highest BCUT2D eigenvalue weighted by molar-refractivity contribution is 5.83. The van der Waals surface area contributed by atoms with Gasteiger partial charge in [-0.1, -0.05) is 40.0 Å². The number of carbonyl (C=O) groups is 2. The summed E-state index contributed by atoms with van der Waals surface area (Å²) in [4.78, 5) is 23.2. The maximum atomic E-state index is 12.0. The Kier molecular flexibility index (Phi) is 14.5. The van der Waals surface area contributed by atoms with Crippen molar-refractivity contribution in [3.63, 3.8) is 0 Å². The van der Waals surface area contributed by atoms with E-state index in [-0.39, 0.29) is 5.91 Å². The normalized spacial score (nSPS) is 13.6. The maximum Gasteiger partial charge on any atom is 0.326 e. The molecular weight excluding hydrogens is 318 g/mol. The van der Waals surface area contributed by atoms with E-state index in [0.29, 0.717) is 37.9 Å². The molecule has 0 rings (SSSR count). The van der Waals surface area contributed by atoms with Crippen LogP contribution < -0.4 is 16.4 Å². The van der Waals surface area contributed by atoms with E-state index < -0.39 is 12.0 Å². The van der Waals surface area contributed by atoms with Gasteiger partial charge in [0.2, 0.25) is 5.91 Å². The van der Waals surface area contributed by atoms with Crippen LogP contribution in [-0.4, -0.2) is 41.7 Å². The molecular formula is C19H39N3O3. The van der Waals surface area contributed by atoms with Crippen LogP contribution in [0.4, 0.5) is 0 Å². The number of amides is 1. The first kappa shape index (κ1) is 23.9. The summed E-state index contributed by atoms with van der Waals surface area (Å²) in [6.45, 7) is 7.05. The summed E-state index contributed by atoms with van der Waals surface area (Å²) in [5.41, 5.74) is 5.42. The Labute approximate surface area is 153 Å². The van der Waals surface area contributed by atoms with Gasteiger partial charge in [-0.15, -0.1) is 0 Å². The first-order chi connectivity index (χ1) is 11.9. The average molecular weight is 358 g/mol. The zero-order valence-corrected chi connectivity index (χ0v) is 16.4. The Hall–Kier alpha value is -1.14. The number of carbonyl (C=O) groups excluding carboxylic acids is 1. The third-order valence-electron chi connectivity index (χ3n) is 4.26. The minimum absolute atomic E-state index is 0.165. The second-order valence-electron chi connectivity index (χ2n) is 7.15. The second-order valence-corrected chi connectivity index (χ2v) is 7.15. The molecule has 0 radical (unpaired) electrons. The summed E-state index contributed by atoms with van der Waals surface area (Å²) in [6, 6.07) is 0.181. The average Bonchev–Trinajstić information content (AvgIpc) is 2.54. The first-order valence-electron chi connectivity index (χ1n) is 9.88. The lowest BCUT2D eigenvalue weighted by Crippen LogP contribution is -2.40. The van der Waals surface area contributed by atoms with E-state index >= 15 is 0 Å². The Balaban J connectivity index is 4.06. The molecule has 2 atom stereocenters. The van der Waals surface area contributed by atoms with Gasteiger partial charge in [0.05, 0.1) is 0 Å². The van der Waals surface area contributed by atoms with Crippen LogP contribution in [0.25, 0.3) is 0 Å². The highest BCUT2D eigenvalue weighted by Crippen LogP contribution is 2.11. The monoisotopic (exact) mass is 357 g/mol. The number of carboxylic acid groups (broad SMARTS) is 1. The summed E-state index contributed by atoms with van der Waals surface area (Å²) in [6.07, 6.45) is 8.74. The van der Waals surface area contributed by atoms with Gasteiger partial charge in [0.1, 0.15) is 6.04 Å². The lowest BCUT2D eigenvalue weighted by atomic mass is 10.0. The summed E-state index contributed by atoms with van der Waals surface area (Å²) >= 11 is 0. The van der Waals surface area contributed by atoms with Crippen molar-refractivity contribution in [2.24, 2.45) is 5.73 Å². The highest BCUT2D eigenvalue weighted by Gasteiger charge is 2.19. The van der Waals surface area contributed by atoms with Crippen molar-refractivity contribution >= 4 is 11.9 Å². The van der Waals surface area contributed by atoms with Gasteiger partial charge in [0, 0.05) is 18.5 Å². The van der Waals surface area contributed by atoms with E-state index in [4.69, 9.17) is 5.73 Å². The highest BCUT2D eigenvalue weighted by atomic mass is 16.4. The first-order valence-corrected chi connectivity index (χ1v) is 9.88. The van der Waals surface area contributed by atoms with Crippen LogP contribution in [0.1, 0.15) is 85.0 Å². The van der Waals surface area contributed by atoms with Gasteiger partial charge in [-0.05, 0) is 45.1 Å². The number of nitrogens with one attached hydrogen (secondary N) is 2. The largest absolute Gasteiger partial charge is 0.480 e. The van der Waals surface area contributed by atoms with Crippen molar-refractivity contribution < 1.29 is 14.7 Å². The molecule has 0 aliphatic heterocycles. The van der Waals surface area contributed by atoms with Crippen molar-refractivity contribution in [3.8, 4) is 0 Å². The lowest BCUT2D eigenvalue weighted by molar-refractivity contribution is -0.142. The molecule has 0 saturated carbocycles. The molecule has 2 unspecified atom stereocenters. The molecule has 0 bridgehead atoms. The van der Waals surface area contributed by atoms with Crippen molar-refractivity contribution in [1.82, 2.24) is 10.6 Å². The van der Waals surface area contributed by atoms with Crippen LogP contribution in [-0.2, 0) is 9.59 Å². The number of hydrogen-bond donors (Lipinski definition) is 4. The molecule has 0 saturated heterocycles. The molecule has 1 amide bonds. The summed E-state index contributed by atoms with van der Waals surface area (Å²) < 4.78 is 0. The van der Waals surface area contributed by atoms with Gasteiger partial charge in [-0.25, -0.2) is 4.79 Å². The standard InChI is InChI=1S/C19H39N3O3/c1-4-5-10-16(21-15(2)3)11-6-7-13-18(23)22-17(19(24)25)12-8-9-14-20/h15-17,21H,4-14,20H2,1-3H3,(H,22,23)(H,24,25). The van der Waals surface area contributed by atoms with E-state index in [2.05, 4.69) is 31.4 Å². The maximum absolute atomic E-state index is 12.0. The van der Waals surface area contributed by atoms with E-state index in [1.54, 1.807) is 0 Å². The molecule has 0 aliphatic carbocycles. The van der Waals surface area contributed by atoms with Crippen molar-refractivity contribution in [1.29, 1.82) is 0 Å². The zero-order chi connectivity index (χ0) is 19.1. The third-order valence-corrected chi connectivity index (χ3v) is 4.26. The van der Waals surface area contributed by atoms with Gasteiger partial charge >= 0.3 is 5.97 Å². The molecule has 148 valence electrons. The van der Waals surface area contributed by atoms with Gasteiger partial charge < -0.3 is 21.5 Å². The molecule has 25 heavy (non-hydrogen) atoms. The molecule has 0 aromatic carbocycles. The van der Waals surface area contributed by atoms with Gasteiger partial charge in [-0.2, -0.15) is 0 Å². The minimum Gasteiger partial charge on any atom is -0.480 e. The van der Waals surface area contributed by atoms with Crippen LogP contribution in [0.15, 0.2) is 0 Å². The molecule has 6 nitrogen and oxygen atoms in total. The fourth-order valence-corrected chi connectivity index (χ4v) is 2.93. The number of unbranched alkanes of at least 4 members (excludes halogenated alkanes) is 3. The molecule has 0 spiro atoms. The predicted octanol–water partition coefficient (Wildman–Crippen LogP) is 2.80. The van der Waals surface area contributed by atoms with Crippen LogP contribution in [0.5, 0.6) is 0 Å². The SMILES string of the molecule is CCCCC(CCCCC(=O)NC(CCCCN)C(=O)O)NC(C)C. The van der Waals surface area contributed by atoms with Gasteiger partial charge in [0.15, 0.2) is 0 Å². The lowest BCUT2D eigenvalue weighted by Gasteiger charge is -2.21. The second kappa shape index (κ2) is 15.1. The molecule has 0 heterocycles. The minimum atomic E-state index is -0.967. The summed E-state index contributed by atoms with van der Waals surface area (Å²) in [5, 5.41) is 15.4. The topological polar surface area (TPSA) is 104 Å². The fourth-order valence-electron chi connectivity index (χ4n) is 2.93. The van der Waals surface area contributed by atoms with Crippen molar-refractivity contribution in [2.75, 3.05) is 6.54 Å². The molecule has 0 aliphatic rings. The van der Waals surface area contributed by atoms with E-state index in [1.807, 2.05) is 0 Å².